The maximum atomic E-state index is 11.4. The maximum Gasteiger partial charge on any atom is 0.267 e. The molecule has 0 saturated carbocycles. The molecule has 1 aromatic heterocycles. The van der Waals surface area contributed by atoms with E-state index in [2.05, 4.69) is 30.0 Å². The van der Waals surface area contributed by atoms with Crippen molar-refractivity contribution >= 4 is 31.9 Å². The summed E-state index contributed by atoms with van der Waals surface area (Å²) in [6.07, 6.45) is 3.47. The van der Waals surface area contributed by atoms with Crippen molar-refractivity contribution in [3.05, 3.63) is 22.8 Å². The van der Waals surface area contributed by atoms with E-state index in [1.807, 2.05) is 12.1 Å². The lowest BCUT2D eigenvalue weighted by atomic mass is 9.99. The number of anilines is 1. The average Bonchev–Trinajstić information content (AvgIpc) is 2.40. The minimum absolute atomic E-state index is 0.116. The highest BCUT2D eigenvalue weighted by molar-refractivity contribution is 9.10. The number of hydrogen-bond donors (Lipinski definition) is 0. The van der Waals surface area contributed by atoms with Crippen molar-refractivity contribution < 1.29 is 12.6 Å². The lowest BCUT2D eigenvalue weighted by molar-refractivity contribution is 0.373. The molecule has 0 spiro atoms. The number of rotatable bonds is 4. The zero-order valence-corrected chi connectivity index (χ0v) is 13.2. The first-order chi connectivity index (χ1) is 9.00. The van der Waals surface area contributed by atoms with E-state index >= 15 is 0 Å². The second-order valence-corrected chi connectivity index (χ2v) is 7.35. The van der Waals surface area contributed by atoms with Gasteiger partial charge in [-0.15, -0.1) is 0 Å². The molecule has 1 aromatic rings. The van der Waals surface area contributed by atoms with Crippen molar-refractivity contribution in [2.24, 2.45) is 5.92 Å². The molecule has 7 heteroatoms. The fourth-order valence-corrected chi connectivity index (χ4v) is 3.52. The van der Waals surface area contributed by atoms with E-state index < -0.39 is 10.1 Å². The topological polar surface area (TPSA) is 59.5 Å². The van der Waals surface area contributed by atoms with Crippen molar-refractivity contribution in [2.45, 2.75) is 12.8 Å². The van der Waals surface area contributed by atoms with Crippen LogP contribution in [0, 0.1) is 5.92 Å². The summed E-state index contributed by atoms with van der Waals surface area (Å²) in [5, 5.41) is 0. The van der Waals surface area contributed by atoms with Gasteiger partial charge in [0.1, 0.15) is 5.82 Å². The number of nitrogens with zero attached hydrogens (tertiary/aromatic N) is 2. The van der Waals surface area contributed by atoms with Crippen LogP contribution in [0.4, 0.5) is 5.82 Å². The number of hydrogen-bond acceptors (Lipinski definition) is 5. The van der Waals surface area contributed by atoms with Crippen LogP contribution in [0.25, 0.3) is 0 Å². The average molecular weight is 349 g/mol. The molecule has 0 radical (unpaired) electrons. The molecule has 0 aromatic carbocycles. The molecule has 0 aliphatic carbocycles. The highest BCUT2D eigenvalue weighted by atomic mass is 79.9. The Labute approximate surface area is 122 Å². The van der Waals surface area contributed by atoms with Crippen LogP contribution in [0.5, 0.6) is 0 Å². The molecule has 1 fully saturated rings. The molecular formula is C12H17BrN2O3S. The standard InChI is InChI=1S/C12H17BrN2O3S/c1-18-19(16,17)9-10-4-6-15(7-5-10)12-3-2-11(13)8-14-12/h2-3,8,10H,4-7,9H2,1H3. The van der Waals surface area contributed by atoms with E-state index in [1.54, 1.807) is 6.20 Å². The van der Waals surface area contributed by atoms with Crippen molar-refractivity contribution in [2.75, 3.05) is 30.9 Å². The Balaban J connectivity index is 1.90. The van der Waals surface area contributed by atoms with Crippen molar-refractivity contribution in [3.8, 4) is 0 Å². The van der Waals surface area contributed by atoms with Crippen LogP contribution in [0.15, 0.2) is 22.8 Å². The van der Waals surface area contributed by atoms with Gasteiger partial charge in [-0.3, -0.25) is 4.18 Å². The Hall–Kier alpha value is -0.660. The molecule has 1 aliphatic rings. The quantitative estimate of drug-likeness (QED) is 0.779. The molecule has 1 saturated heterocycles. The molecule has 1 aliphatic heterocycles. The Bertz CT molecular complexity index is 510. The van der Waals surface area contributed by atoms with Gasteiger partial charge in [0.15, 0.2) is 0 Å². The second kappa shape index (κ2) is 6.19. The van der Waals surface area contributed by atoms with Crippen LogP contribution in [-0.2, 0) is 14.3 Å². The Morgan fingerprint density at radius 2 is 2.11 bits per heavy atom. The number of piperidine rings is 1. The third-order valence-corrected chi connectivity index (χ3v) is 5.20. The maximum absolute atomic E-state index is 11.4. The zero-order valence-electron chi connectivity index (χ0n) is 10.8. The predicted octanol–water partition coefficient (Wildman–Crippen LogP) is 2.04. The molecule has 2 rings (SSSR count). The SMILES string of the molecule is COS(=O)(=O)CC1CCN(c2ccc(Br)cn2)CC1. The van der Waals surface area contributed by atoms with Gasteiger partial charge in [-0.05, 0) is 46.8 Å². The predicted molar refractivity (Wildman–Crippen MR) is 77.7 cm³/mol. The molecule has 19 heavy (non-hydrogen) atoms. The van der Waals surface area contributed by atoms with Crippen molar-refractivity contribution in [3.63, 3.8) is 0 Å². The highest BCUT2D eigenvalue weighted by Gasteiger charge is 2.24. The van der Waals surface area contributed by atoms with Crippen LogP contribution in [-0.4, -0.2) is 39.4 Å². The van der Waals surface area contributed by atoms with Crippen molar-refractivity contribution in [1.82, 2.24) is 4.98 Å². The first-order valence-electron chi connectivity index (χ1n) is 6.15. The number of aromatic nitrogens is 1. The molecule has 5 nitrogen and oxygen atoms in total. The van der Waals surface area contributed by atoms with Gasteiger partial charge < -0.3 is 4.90 Å². The molecular weight excluding hydrogens is 332 g/mol. The van der Waals surface area contributed by atoms with E-state index in [0.717, 1.165) is 36.2 Å². The van der Waals surface area contributed by atoms with Gasteiger partial charge in [-0.2, -0.15) is 8.42 Å². The second-order valence-electron chi connectivity index (χ2n) is 4.66. The summed E-state index contributed by atoms with van der Waals surface area (Å²) in [6.45, 7) is 1.66. The number of halogens is 1. The minimum atomic E-state index is -3.35. The smallest absolute Gasteiger partial charge is 0.267 e. The van der Waals surface area contributed by atoms with E-state index in [-0.39, 0.29) is 11.7 Å². The lowest BCUT2D eigenvalue weighted by Gasteiger charge is -2.32. The normalized spacial score (nSPS) is 17.7. The largest absolute Gasteiger partial charge is 0.357 e. The van der Waals surface area contributed by atoms with Crippen LogP contribution < -0.4 is 4.90 Å². The molecule has 0 amide bonds. The van der Waals surface area contributed by atoms with Crippen LogP contribution in [0.3, 0.4) is 0 Å². The van der Waals surface area contributed by atoms with E-state index in [0.29, 0.717) is 0 Å². The summed E-state index contributed by atoms with van der Waals surface area (Å²) in [5.41, 5.74) is 0. The summed E-state index contributed by atoms with van der Waals surface area (Å²) in [5.74, 6) is 1.23. The van der Waals surface area contributed by atoms with Crippen molar-refractivity contribution in [1.29, 1.82) is 0 Å². The Kier molecular flexibility index (Phi) is 4.81. The van der Waals surface area contributed by atoms with Gasteiger partial charge in [-0.25, -0.2) is 4.98 Å². The monoisotopic (exact) mass is 348 g/mol. The molecule has 2 heterocycles. The van der Waals surface area contributed by atoms with Crippen LogP contribution >= 0.6 is 15.9 Å². The lowest BCUT2D eigenvalue weighted by Crippen LogP contribution is -2.36. The van der Waals surface area contributed by atoms with E-state index in [1.165, 1.54) is 7.11 Å². The first kappa shape index (κ1) is 14.7. The summed E-state index contributed by atoms with van der Waals surface area (Å²) in [4.78, 5) is 6.54. The summed E-state index contributed by atoms with van der Waals surface area (Å²) in [6, 6.07) is 3.93. The fourth-order valence-electron chi connectivity index (χ4n) is 2.24. The van der Waals surface area contributed by atoms with Gasteiger partial charge in [-0.1, -0.05) is 0 Å². The fraction of sp³-hybridized carbons (Fsp3) is 0.583. The van der Waals surface area contributed by atoms with Gasteiger partial charge >= 0.3 is 0 Å². The third kappa shape index (κ3) is 4.15. The molecule has 106 valence electrons. The highest BCUT2D eigenvalue weighted by Crippen LogP contribution is 2.23. The van der Waals surface area contributed by atoms with Gasteiger partial charge in [0.2, 0.25) is 0 Å². The first-order valence-corrected chi connectivity index (χ1v) is 8.52. The summed E-state index contributed by atoms with van der Waals surface area (Å²) >= 11 is 3.36. The van der Waals surface area contributed by atoms with Gasteiger partial charge in [0.05, 0.1) is 12.9 Å². The Morgan fingerprint density at radius 3 is 2.63 bits per heavy atom. The minimum Gasteiger partial charge on any atom is -0.357 e. The van der Waals surface area contributed by atoms with Gasteiger partial charge in [0, 0.05) is 23.8 Å². The third-order valence-electron chi connectivity index (χ3n) is 3.34. The van der Waals surface area contributed by atoms with E-state index in [4.69, 9.17) is 0 Å². The van der Waals surface area contributed by atoms with Gasteiger partial charge in [0.25, 0.3) is 10.1 Å². The molecule has 0 atom stereocenters. The molecule has 0 N–H and O–H groups in total. The molecule has 0 bridgehead atoms. The van der Waals surface area contributed by atoms with Crippen LogP contribution in [0.2, 0.25) is 0 Å². The molecule has 0 unspecified atom stereocenters. The number of pyridine rings is 1. The zero-order chi connectivity index (χ0) is 13.9. The summed E-state index contributed by atoms with van der Waals surface area (Å²) < 4.78 is 28.3. The summed E-state index contributed by atoms with van der Waals surface area (Å²) in [7, 11) is -2.13. The van der Waals surface area contributed by atoms with E-state index in [9.17, 15) is 8.42 Å². The van der Waals surface area contributed by atoms with Crippen LogP contribution in [0.1, 0.15) is 12.8 Å². The Morgan fingerprint density at radius 1 is 1.42 bits per heavy atom.